The molecule has 0 aliphatic rings. The van der Waals surface area contributed by atoms with Crippen LogP contribution in [0.3, 0.4) is 0 Å². The summed E-state index contributed by atoms with van der Waals surface area (Å²) >= 11 is 0. The van der Waals surface area contributed by atoms with Gasteiger partial charge in [0.2, 0.25) is 0 Å². The molecule has 4 nitrogen and oxygen atoms in total. The lowest BCUT2D eigenvalue weighted by Crippen LogP contribution is -1.99. The fourth-order valence-electron chi connectivity index (χ4n) is 2.60. The number of aromatic nitrogens is 1. The summed E-state index contributed by atoms with van der Waals surface area (Å²) in [5.41, 5.74) is 3.25. The summed E-state index contributed by atoms with van der Waals surface area (Å²) in [4.78, 5) is 4.63. The number of aromatic hydroxyl groups is 1. The van der Waals surface area contributed by atoms with Crippen LogP contribution in [0.15, 0.2) is 60.7 Å². The summed E-state index contributed by atoms with van der Waals surface area (Å²) in [6.45, 7) is 6.24. The highest BCUT2D eigenvalue weighted by atomic mass is 16.5. The predicted octanol–water partition coefficient (Wildman–Crippen LogP) is 4.96. The van der Waals surface area contributed by atoms with E-state index in [0.717, 1.165) is 28.6 Å². The average Bonchev–Trinajstić information content (AvgIpc) is 2.64. The standard InChI is InChI=1S/C21H21NO3/c1-14(2)11-12-25-19-13-18(24-3)16-9-10-17(22-20(16)21(19)23)15-7-5-4-6-8-15/h4-10,13,23H,1,11-12H2,2-3H3. The Morgan fingerprint density at radius 3 is 2.56 bits per heavy atom. The van der Waals surface area contributed by atoms with Gasteiger partial charge in [-0.3, -0.25) is 0 Å². The van der Waals surface area contributed by atoms with E-state index in [2.05, 4.69) is 11.6 Å². The largest absolute Gasteiger partial charge is 0.503 e. The second-order valence-corrected chi connectivity index (χ2v) is 5.94. The van der Waals surface area contributed by atoms with Gasteiger partial charge in [0.05, 0.1) is 19.4 Å². The van der Waals surface area contributed by atoms with E-state index in [9.17, 15) is 5.11 Å². The van der Waals surface area contributed by atoms with Crippen LogP contribution in [0.4, 0.5) is 0 Å². The zero-order valence-corrected chi connectivity index (χ0v) is 14.5. The third-order valence-electron chi connectivity index (χ3n) is 3.96. The van der Waals surface area contributed by atoms with Crippen LogP contribution < -0.4 is 9.47 Å². The number of ether oxygens (including phenoxy) is 2. The van der Waals surface area contributed by atoms with Gasteiger partial charge in [-0.05, 0) is 19.1 Å². The molecule has 0 saturated carbocycles. The summed E-state index contributed by atoms with van der Waals surface area (Å²) < 4.78 is 11.2. The van der Waals surface area contributed by atoms with Crippen molar-refractivity contribution in [2.75, 3.05) is 13.7 Å². The molecule has 0 aliphatic heterocycles. The second kappa shape index (κ2) is 7.26. The van der Waals surface area contributed by atoms with Gasteiger partial charge in [0.25, 0.3) is 0 Å². The number of pyridine rings is 1. The fourth-order valence-corrected chi connectivity index (χ4v) is 2.60. The highest BCUT2D eigenvalue weighted by Gasteiger charge is 2.15. The molecular weight excluding hydrogens is 314 g/mol. The third-order valence-corrected chi connectivity index (χ3v) is 3.96. The normalized spacial score (nSPS) is 10.6. The van der Waals surface area contributed by atoms with Crippen LogP contribution in [0.2, 0.25) is 0 Å². The Kier molecular flexibility index (Phi) is 4.89. The molecule has 0 fully saturated rings. The Morgan fingerprint density at radius 2 is 1.88 bits per heavy atom. The molecule has 3 aromatic rings. The summed E-state index contributed by atoms with van der Waals surface area (Å²) in [5.74, 6) is 1.00. The molecular formula is C21H21NO3. The number of fused-ring (bicyclic) bond motifs is 1. The molecule has 0 radical (unpaired) electrons. The first kappa shape index (κ1) is 16.8. The van der Waals surface area contributed by atoms with Gasteiger partial charge >= 0.3 is 0 Å². The first-order valence-electron chi connectivity index (χ1n) is 8.13. The maximum absolute atomic E-state index is 10.6. The Balaban J connectivity index is 2.07. The van der Waals surface area contributed by atoms with E-state index >= 15 is 0 Å². The molecule has 0 atom stereocenters. The van der Waals surface area contributed by atoms with E-state index in [0.29, 0.717) is 23.6 Å². The molecule has 0 amide bonds. The number of hydrogen-bond donors (Lipinski definition) is 1. The Bertz CT molecular complexity index is 904. The summed E-state index contributed by atoms with van der Waals surface area (Å²) in [6, 6.07) is 15.4. The molecule has 4 heteroatoms. The number of rotatable bonds is 6. The first-order valence-corrected chi connectivity index (χ1v) is 8.13. The van der Waals surface area contributed by atoms with Gasteiger partial charge in [-0.1, -0.05) is 35.9 Å². The van der Waals surface area contributed by atoms with Crippen molar-refractivity contribution in [3.63, 3.8) is 0 Å². The third kappa shape index (κ3) is 3.58. The molecule has 1 N–H and O–H groups in total. The first-order chi connectivity index (χ1) is 12.1. The van der Waals surface area contributed by atoms with Crippen molar-refractivity contribution in [1.29, 1.82) is 0 Å². The molecule has 2 aromatic carbocycles. The quantitative estimate of drug-likeness (QED) is 0.647. The molecule has 0 spiro atoms. The highest BCUT2D eigenvalue weighted by Crippen LogP contribution is 2.40. The van der Waals surface area contributed by atoms with Crippen molar-refractivity contribution in [3.05, 3.63) is 60.7 Å². The van der Waals surface area contributed by atoms with E-state index in [1.165, 1.54) is 0 Å². The van der Waals surface area contributed by atoms with E-state index < -0.39 is 0 Å². The van der Waals surface area contributed by atoms with Gasteiger partial charge in [-0.15, -0.1) is 6.58 Å². The lowest BCUT2D eigenvalue weighted by atomic mass is 10.1. The van der Waals surface area contributed by atoms with E-state index in [1.54, 1.807) is 13.2 Å². The van der Waals surface area contributed by atoms with Gasteiger partial charge in [0, 0.05) is 23.4 Å². The van der Waals surface area contributed by atoms with Gasteiger partial charge in [-0.25, -0.2) is 4.98 Å². The number of phenols is 1. The average molecular weight is 335 g/mol. The van der Waals surface area contributed by atoms with Crippen LogP contribution in [-0.2, 0) is 0 Å². The fraction of sp³-hybridized carbons (Fsp3) is 0.190. The Morgan fingerprint density at radius 1 is 1.12 bits per heavy atom. The minimum absolute atomic E-state index is 0.0234. The number of phenolic OH excluding ortho intramolecular Hbond substituents is 1. The van der Waals surface area contributed by atoms with E-state index in [4.69, 9.17) is 9.47 Å². The van der Waals surface area contributed by atoms with Gasteiger partial charge < -0.3 is 14.6 Å². The second-order valence-electron chi connectivity index (χ2n) is 5.94. The highest BCUT2D eigenvalue weighted by molar-refractivity contribution is 5.93. The number of benzene rings is 2. The molecule has 128 valence electrons. The predicted molar refractivity (Wildman–Crippen MR) is 100 cm³/mol. The molecule has 25 heavy (non-hydrogen) atoms. The minimum atomic E-state index is 0.0234. The lowest BCUT2D eigenvalue weighted by molar-refractivity contribution is 0.302. The maximum atomic E-state index is 10.6. The zero-order chi connectivity index (χ0) is 17.8. The van der Waals surface area contributed by atoms with Crippen LogP contribution in [0.25, 0.3) is 22.2 Å². The van der Waals surface area contributed by atoms with Crippen molar-refractivity contribution >= 4 is 10.9 Å². The van der Waals surface area contributed by atoms with Crippen LogP contribution in [-0.4, -0.2) is 23.8 Å². The van der Waals surface area contributed by atoms with Crippen molar-refractivity contribution in [2.24, 2.45) is 0 Å². The number of hydrogen-bond acceptors (Lipinski definition) is 4. The van der Waals surface area contributed by atoms with Gasteiger partial charge in [0.15, 0.2) is 11.5 Å². The molecule has 0 saturated heterocycles. The maximum Gasteiger partial charge on any atom is 0.184 e. The molecule has 0 bridgehead atoms. The summed E-state index contributed by atoms with van der Waals surface area (Å²) in [7, 11) is 1.59. The van der Waals surface area contributed by atoms with E-state index in [1.807, 2.05) is 49.4 Å². The number of nitrogens with zero attached hydrogens (tertiary/aromatic N) is 1. The SMILES string of the molecule is C=C(C)CCOc1cc(OC)c2ccc(-c3ccccc3)nc2c1O. The number of methoxy groups -OCH3 is 1. The molecule has 3 rings (SSSR count). The van der Waals surface area contributed by atoms with Crippen molar-refractivity contribution in [2.45, 2.75) is 13.3 Å². The lowest BCUT2D eigenvalue weighted by Gasteiger charge is -2.14. The Labute approximate surface area is 147 Å². The monoisotopic (exact) mass is 335 g/mol. The molecule has 1 heterocycles. The molecule has 1 aromatic heterocycles. The summed E-state index contributed by atoms with van der Waals surface area (Å²) in [5, 5.41) is 11.4. The van der Waals surface area contributed by atoms with Gasteiger partial charge in [0.1, 0.15) is 11.3 Å². The van der Waals surface area contributed by atoms with Crippen molar-refractivity contribution in [1.82, 2.24) is 4.98 Å². The van der Waals surface area contributed by atoms with Crippen LogP contribution in [0.1, 0.15) is 13.3 Å². The van der Waals surface area contributed by atoms with Crippen LogP contribution in [0.5, 0.6) is 17.2 Å². The van der Waals surface area contributed by atoms with Crippen molar-refractivity contribution < 1.29 is 14.6 Å². The summed E-state index contributed by atoms with van der Waals surface area (Å²) in [6.07, 6.45) is 0.720. The van der Waals surface area contributed by atoms with E-state index in [-0.39, 0.29) is 5.75 Å². The zero-order valence-electron chi connectivity index (χ0n) is 14.5. The van der Waals surface area contributed by atoms with Crippen LogP contribution in [0, 0.1) is 0 Å². The van der Waals surface area contributed by atoms with Crippen molar-refractivity contribution in [3.8, 4) is 28.5 Å². The topological polar surface area (TPSA) is 51.6 Å². The van der Waals surface area contributed by atoms with Crippen LogP contribution >= 0.6 is 0 Å². The van der Waals surface area contributed by atoms with Gasteiger partial charge in [-0.2, -0.15) is 0 Å². The Hall–Kier alpha value is -3.01. The molecule has 0 aliphatic carbocycles. The minimum Gasteiger partial charge on any atom is -0.503 e. The smallest absolute Gasteiger partial charge is 0.184 e. The molecule has 0 unspecified atom stereocenters.